The van der Waals surface area contributed by atoms with Gasteiger partial charge in [-0.15, -0.1) is 0 Å². The van der Waals surface area contributed by atoms with Gasteiger partial charge in [0.05, 0.1) is 6.07 Å². The third kappa shape index (κ3) is 3.38. The molecule has 0 unspecified atom stereocenters. The predicted octanol–water partition coefficient (Wildman–Crippen LogP) is 1.09. The minimum Gasteiger partial charge on any atom is -0.444 e. The fourth-order valence-corrected chi connectivity index (χ4v) is 1.71. The summed E-state index contributed by atoms with van der Waals surface area (Å²) < 4.78 is 5.24. The van der Waals surface area contributed by atoms with E-state index in [1.165, 1.54) is 0 Å². The van der Waals surface area contributed by atoms with Crippen LogP contribution in [0, 0.1) is 17.2 Å². The Morgan fingerprint density at radius 2 is 2.19 bits per heavy atom. The molecule has 2 N–H and O–H groups in total. The Hall–Kier alpha value is -1.28. The predicted molar refractivity (Wildman–Crippen MR) is 59.5 cm³/mol. The quantitative estimate of drug-likeness (QED) is 0.724. The lowest BCUT2D eigenvalue weighted by Crippen LogP contribution is -2.36. The van der Waals surface area contributed by atoms with Crippen molar-refractivity contribution in [3.63, 3.8) is 0 Å². The number of nitrogens with two attached hydrogens (primary N) is 1. The van der Waals surface area contributed by atoms with E-state index in [1.54, 1.807) is 4.90 Å². The Bertz CT molecular complexity index is 303. The summed E-state index contributed by atoms with van der Waals surface area (Å²) in [5.41, 5.74) is 5.36. The second-order valence-corrected chi connectivity index (χ2v) is 5.17. The SMILES string of the molecule is CC(C)(C)OC(=O)N1C[C@H](CC#N)[C@@H](N)C1. The smallest absolute Gasteiger partial charge is 0.410 e. The van der Waals surface area contributed by atoms with Crippen molar-refractivity contribution in [1.29, 1.82) is 5.26 Å². The normalized spacial score (nSPS) is 25.3. The maximum absolute atomic E-state index is 11.7. The van der Waals surface area contributed by atoms with Gasteiger partial charge in [0, 0.05) is 31.5 Å². The minimum absolute atomic E-state index is 0.0671. The van der Waals surface area contributed by atoms with E-state index in [9.17, 15) is 4.79 Å². The van der Waals surface area contributed by atoms with E-state index in [0.29, 0.717) is 19.5 Å². The highest BCUT2D eigenvalue weighted by molar-refractivity contribution is 5.68. The molecule has 5 heteroatoms. The first-order valence-corrected chi connectivity index (χ1v) is 5.44. The Morgan fingerprint density at radius 3 is 2.69 bits per heavy atom. The number of amides is 1. The first kappa shape index (κ1) is 12.8. The molecule has 90 valence electrons. The number of rotatable bonds is 1. The summed E-state index contributed by atoms with van der Waals surface area (Å²) in [6.45, 7) is 6.47. The van der Waals surface area contributed by atoms with Crippen molar-refractivity contribution in [3.8, 4) is 6.07 Å². The maximum atomic E-state index is 11.7. The van der Waals surface area contributed by atoms with E-state index >= 15 is 0 Å². The maximum Gasteiger partial charge on any atom is 0.410 e. The summed E-state index contributed by atoms with van der Waals surface area (Å²) in [5.74, 6) is 0.0671. The van der Waals surface area contributed by atoms with Gasteiger partial charge in [-0.25, -0.2) is 4.79 Å². The average Bonchev–Trinajstić information content (AvgIpc) is 2.46. The van der Waals surface area contributed by atoms with Crippen molar-refractivity contribution in [2.45, 2.75) is 38.8 Å². The highest BCUT2D eigenvalue weighted by Gasteiger charge is 2.34. The Balaban J connectivity index is 2.52. The number of carbonyl (C=O) groups excluding carboxylic acids is 1. The lowest BCUT2D eigenvalue weighted by molar-refractivity contribution is 0.0287. The number of nitriles is 1. The zero-order chi connectivity index (χ0) is 12.3. The van der Waals surface area contributed by atoms with Crippen LogP contribution in [0.3, 0.4) is 0 Å². The molecule has 0 bridgehead atoms. The Morgan fingerprint density at radius 1 is 1.56 bits per heavy atom. The van der Waals surface area contributed by atoms with Crippen LogP contribution in [0.4, 0.5) is 4.79 Å². The number of likely N-dealkylation sites (tertiary alicyclic amines) is 1. The zero-order valence-electron chi connectivity index (χ0n) is 10.1. The van der Waals surface area contributed by atoms with Crippen molar-refractivity contribution in [3.05, 3.63) is 0 Å². The molecule has 0 aromatic carbocycles. The molecule has 0 aliphatic carbocycles. The topological polar surface area (TPSA) is 79.3 Å². The number of hydrogen-bond acceptors (Lipinski definition) is 4. The van der Waals surface area contributed by atoms with Crippen LogP contribution >= 0.6 is 0 Å². The van der Waals surface area contributed by atoms with Gasteiger partial charge in [-0.3, -0.25) is 0 Å². The van der Waals surface area contributed by atoms with Crippen LogP contribution in [-0.2, 0) is 4.74 Å². The first-order chi connectivity index (χ1) is 7.33. The van der Waals surface area contributed by atoms with E-state index in [4.69, 9.17) is 15.7 Å². The van der Waals surface area contributed by atoms with Crippen molar-refractivity contribution in [2.24, 2.45) is 11.7 Å². The van der Waals surface area contributed by atoms with Crippen LogP contribution in [0.1, 0.15) is 27.2 Å². The van der Waals surface area contributed by atoms with Crippen molar-refractivity contribution in [2.75, 3.05) is 13.1 Å². The molecule has 1 fully saturated rings. The van der Waals surface area contributed by atoms with Crippen LogP contribution in [-0.4, -0.2) is 35.7 Å². The summed E-state index contributed by atoms with van der Waals surface area (Å²) in [6, 6.07) is 1.97. The van der Waals surface area contributed by atoms with Gasteiger partial charge in [0.15, 0.2) is 0 Å². The molecule has 1 rings (SSSR count). The Labute approximate surface area is 96.2 Å². The van der Waals surface area contributed by atoms with Gasteiger partial charge in [-0.1, -0.05) is 0 Å². The fourth-order valence-electron chi connectivity index (χ4n) is 1.71. The number of hydrogen-bond donors (Lipinski definition) is 1. The van der Waals surface area contributed by atoms with Crippen LogP contribution in [0.2, 0.25) is 0 Å². The average molecular weight is 225 g/mol. The molecule has 2 atom stereocenters. The standard InChI is InChI=1S/C11H19N3O2/c1-11(2,3)16-10(15)14-6-8(4-5-12)9(13)7-14/h8-9H,4,6-7,13H2,1-3H3/t8-,9-/m0/s1. The van der Waals surface area contributed by atoms with Crippen LogP contribution < -0.4 is 5.73 Å². The lowest BCUT2D eigenvalue weighted by Gasteiger charge is -2.24. The van der Waals surface area contributed by atoms with E-state index < -0.39 is 5.60 Å². The van der Waals surface area contributed by atoms with E-state index in [0.717, 1.165) is 0 Å². The molecule has 0 radical (unpaired) electrons. The highest BCUT2D eigenvalue weighted by Crippen LogP contribution is 2.20. The van der Waals surface area contributed by atoms with Gasteiger partial charge in [-0.2, -0.15) is 5.26 Å². The third-order valence-electron chi connectivity index (χ3n) is 2.50. The van der Waals surface area contributed by atoms with Crippen LogP contribution in [0.25, 0.3) is 0 Å². The molecule has 0 aromatic rings. The van der Waals surface area contributed by atoms with Crippen molar-refractivity contribution in [1.82, 2.24) is 4.90 Å². The molecular formula is C11H19N3O2. The van der Waals surface area contributed by atoms with E-state index in [2.05, 4.69) is 6.07 Å². The van der Waals surface area contributed by atoms with Gasteiger partial charge < -0.3 is 15.4 Å². The summed E-state index contributed by atoms with van der Waals surface area (Å²) in [4.78, 5) is 13.3. The second-order valence-electron chi connectivity index (χ2n) is 5.17. The van der Waals surface area contributed by atoms with Crippen LogP contribution in [0.15, 0.2) is 0 Å². The molecular weight excluding hydrogens is 206 g/mol. The third-order valence-corrected chi connectivity index (χ3v) is 2.50. The molecule has 1 amide bonds. The summed E-state index contributed by atoms with van der Waals surface area (Å²) in [6.07, 6.45) is 0.0453. The van der Waals surface area contributed by atoms with Crippen LogP contribution in [0.5, 0.6) is 0 Å². The largest absolute Gasteiger partial charge is 0.444 e. The van der Waals surface area contributed by atoms with Gasteiger partial charge in [0.25, 0.3) is 0 Å². The second kappa shape index (κ2) is 4.71. The number of carbonyl (C=O) groups is 1. The van der Waals surface area contributed by atoms with Crippen molar-refractivity contribution >= 4 is 6.09 Å². The molecule has 1 aliphatic rings. The Kier molecular flexibility index (Phi) is 3.76. The molecule has 1 saturated heterocycles. The number of ether oxygens (including phenoxy) is 1. The first-order valence-electron chi connectivity index (χ1n) is 5.44. The summed E-state index contributed by atoms with van der Waals surface area (Å²) in [7, 11) is 0. The number of nitrogens with zero attached hydrogens (tertiary/aromatic N) is 2. The van der Waals surface area contributed by atoms with Gasteiger partial charge in [0.2, 0.25) is 0 Å². The summed E-state index contributed by atoms with van der Waals surface area (Å²) in [5, 5.41) is 8.62. The lowest BCUT2D eigenvalue weighted by atomic mass is 10.0. The van der Waals surface area contributed by atoms with E-state index in [1.807, 2.05) is 20.8 Å². The summed E-state index contributed by atoms with van der Waals surface area (Å²) >= 11 is 0. The molecule has 1 heterocycles. The van der Waals surface area contributed by atoms with Crippen molar-refractivity contribution < 1.29 is 9.53 Å². The highest BCUT2D eigenvalue weighted by atomic mass is 16.6. The minimum atomic E-state index is -0.492. The monoisotopic (exact) mass is 225 g/mol. The zero-order valence-corrected chi connectivity index (χ0v) is 10.1. The molecule has 0 aromatic heterocycles. The van der Waals surface area contributed by atoms with E-state index in [-0.39, 0.29) is 18.1 Å². The molecule has 0 saturated carbocycles. The molecule has 16 heavy (non-hydrogen) atoms. The molecule has 0 spiro atoms. The fraction of sp³-hybridized carbons (Fsp3) is 0.818. The van der Waals surface area contributed by atoms with Gasteiger partial charge in [-0.05, 0) is 20.8 Å². The molecule has 1 aliphatic heterocycles. The molecule has 5 nitrogen and oxygen atoms in total. The van der Waals surface area contributed by atoms with Gasteiger partial charge >= 0.3 is 6.09 Å². The van der Waals surface area contributed by atoms with Gasteiger partial charge in [0.1, 0.15) is 5.60 Å².